The van der Waals surface area contributed by atoms with E-state index in [1.54, 1.807) is 6.92 Å². The van der Waals surface area contributed by atoms with Gasteiger partial charge in [0.2, 0.25) is 0 Å². The molecular formula is C5H5IN2O2S. The molecule has 0 saturated heterocycles. The van der Waals surface area contributed by atoms with Gasteiger partial charge in [-0.3, -0.25) is 10.1 Å². The summed E-state index contributed by atoms with van der Waals surface area (Å²) in [6.45, 7) is 1.77. The van der Waals surface area contributed by atoms with Crippen LogP contribution in [0.5, 0.6) is 0 Å². The monoisotopic (exact) mass is 284 g/mol. The van der Waals surface area contributed by atoms with Crippen LogP contribution in [-0.4, -0.2) is 9.91 Å². The predicted molar refractivity (Wildman–Crippen MR) is 51.2 cm³/mol. The molecule has 1 aromatic rings. The smallest absolute Gasteiger partial charge is 0.257 e. The highest BCUT2D eigenvalue weighted by molar-refractivity contribution is 14.1. The van der Waals surface area contributed by atoms with Gasteiger partial charge in [-0.15, -0.1) is 0 Å². The minimum Gasteiger partial charge on any atom is -0.257 e. The first-order valence-electron chi connectivity index (χ1n) is 2.82. The Hall–Kier alpha value is -0.240. The Morgan fingerprint density at radius 2 is 2.45 bits per heavy atom. The average Bonchev–Trinajstić information content (AvgIpc) is 2.30. The molecule has 6 heteroatoms. The van der Waals surface area contributed by atoms with Gasteiger partial charge in [-0.1, -0.05) is 22.6 Å². The van der Waals surface area contributed by atoms with Crippen LogP contribution in [0.2, 0.25) is 0 Å². The minimum absolute atomic E-state index is 0.178. The van der Waals surface area contributed by atoms with E-state index in [-0.39, 0.29) is 9.92 Å². The lowest BCUT2D eigenvalue weighted by Crippen LogP contribution is -1.88. The number of aromatic nitrogens is 1. The van der Waals surface area contributed by atoms with Crippen LogP contribution >= 0.6 is 33.9 Å². The Bertz CT molecular complexity index is 286. The van der Waals surface area contributed by atoms with Gasteiger partial charge in [0.05, 0.1) is 14.4 Å². The first-order valence-corrected chi connectivity index (χ1v) is 5.16. The second kappa shape index (κ2) is 3.44. The molecule has 0 spiro atoms. The van der Waals surface area contributed by atoms with E-state index in [1.165, 1.54) is 0 Å². The van der Waals surface area contributed by atoms with Crippen LogP contribution in [-0.2, 0) is 4.43 Å². The van der Waals surface area contributed by atoms with Gasteiger partial charge in [0, 0.05) is 0 Å². The molecule has 0 radical (unpaired) electrons. The maximum atomic E-state index is 10.4. The van der Waals surface area contributed by atoms with Crippen molar-refractivity contribution in [2.75, 3.05) is 0 Å². The third-order valence-corrected chi connectivity index (χ3v) is 2.76. The number of alkyl halides is 1. The maximum absolute atomic E-state index is 10.4. The number of aryl methyl sites for hydroxylation is 1. The van der Waals surface area contributed by atoms with E-state index >= 15 is 0 Å². The van der Waals surface area contributed by atoms with Crippen molar-refractivity contribution in [1.82, 2.24) is 4.98 Å². The zero-order chi connectivity index (χ0) is 8.43. The lowest BCUT2D eigenvalue weighted by atomic mass is 10.5. The van der Waals surface area contributed by atoms with Gasteiger partial charge in [0.1, 0.15) is 5.69 Å². The summed E-state index contributed by atoms with van der Waals surface area (Å²) in [5.74, 6) is 0. The molecule has 0 aromatic carbocycles. The summed E-state index contributed by atoms with van der Waals surface area (Å²) in [5.41, 5.74) is 0.582. The van der Waals surface area contributed by atoms with Crippen molar-refractivity contribution >= 4 is 38.9 Å². The molecule has 0 amide bonds. The molecule has 0 aliphatic heterocycles. The molecule has 11 heavy (non-hydrogen) atoms. The SMILES string of the molecule is Cc1nc(CI)c([N+](=O)[O-])s1. The molecule has 1 aromatic heterocycles. The standard InChI is InChI=1S/C5H5IN2O2S/c1-3-7-4(2-6)5(11-3)8(9)10/h2H2,1H3. The van der Waals surface area contributed by atoms with Crippen molar-refractivity contribution in [3.63, 3.8) is 0 Å². The molecule has 60 valence electrons. The lowest BCUT2D eigenvalue weighted by Gasteiger charge is -1.85. The normalized spacial score (nSPS) is 10.0. The number of rotatable bonds is 2. The molecule has 1 heterocycles. The van der Waals surface area contributed by atoms with Gasteiger partial charge in [-0.2, -0.15) is 0 Å². The van der Waals surface area contributed by atoms with E-state index in [9.17, 15) is 10.1 Å². The number of nitro groups is 1. The van der Waals surface area contributed by atoms with Gasteiger partial charge >= 0.3 is 5.00 Å². The topological polar surface area (TPSA) is 56.0 Å². The van der Waals surface area contributed by atoms with Crippen molar-refractivity contribution in [3.8, 4) is 0 Å². The quantitative estimate of drug-likeness (QED) is 0.362. The average molecular weight is 284 g/mol. The third kappa shape index (κ3) is 1.86. The summed E-state index contributed by atoms with van der Waals surface area (Å²) in [7, 11) is 0. The van der Waals surface area contributed by atoms with E-state index in [4.69, 9.17) is 0 Å². The summed E-state index contributed by atoms with van der Waals surface area (Å²) in [5, 5.41) is 11.3. The van der Waals surface area contributed by atoms with Crippen molar-refractivity contribution in [2.24, 2.45) is 0 Å². The Morgan fingerprint density at radius 3 is 2.82 bits per heavy atom. The van der Waals surface area contributed by atoms with E-state index in [2.05, 4.69) is 27.6 Å². The number of nitrogens with zero attached hydrogens (tertiary/aromatic N) is 2. The molecule has 0 N–H and O–H groups in total. The van der Waals surface area contributed by atoms with Crippen LogP contribution in [0.3, 0.4) is 0 Å². The summed E-state index contributed by atoms with van der Waals surface area (Å²) < 4.78 is 0.596. The van der Waals surface area contributed by atoms with Crippen LogP contribution in [0, 0.1) is 17.0 Å². The van der Waals surface area contributed by atoms with Crippen LogP contribution in [0.15, 0.2) is 0 Å². The molecule has 0 unspecified atom stereocenters. The predicted octanol–water partition coefficient (Wildman–Crippen LogP) is 2.29. The highest BCUT2D eigenvalue weighted by atomic mass is 127. The Balaban J connectivity index is 3.12. The van der Waals surface area contributed by atoms with Gasteiger partial charge < -0.3 is 0 Å². The summed E-state index contributed by atoms with van der Waals surface area (Å²) in [4.78, 5) is 14.0. The first-order chi connectivity index (χ1) is 5.15. The van der Waals surface area contributed by atoms with Crippen molar-refractivity contribution in [2.45, 2.75) is 11.4 Å². The fourth-order valence-electron chi connectivity index (χ4n) is 0.689. The Labute approximate surface area is 80.9 Å². The van der Waals surface area contributed by atoms with E-state index < -0.39 is 0 Å². The second-order valence-electron chi connectivity index (χ2n) is 1.88. The van der Waals surface area contributed by atoms with Crippen LogP contribution in [0.25, 0.3) is 0 Å². The number of hydrogen-bond donors (Lipinski definition) is 0. The lowest BCUT2D eigenvalue weighted by molar-refractivity contribution is -0.380. The third-order valence-electron chi connectivity index (χ3n) is 1.08. The molecule has 0 atom stereocenters. The Morgan fingerprint density at radius 1 is 1.82 bits per heavy atom. The molecule has 0 fully saturated rings. The molecule has 0 saturated carbocycles. The largest absolute Gasteiger partial charge is 0.347 e. The van der Waals surface area contributed by atoms with E-state index in [0.717, 1.165) is 16.3 Å². The first kappa shape index (κ1) is 8.85. The number of hydrogen-bond acceptors (Lipinski definition) is 4. The molecule has 4 nitrogen and oxygen atoms in total. The molecular weight excluding hydrogens is 279 g/mol. The number of thiazole rings is 1. The van der Waals surface area contributed by atoms with Gasteiger partial charge in [0.15, 0.2) is 0 Å². The van der Waals surface area contributed by atoms with Crippen LogP contribution in [0.1, 0.15) is 10.7 Å². The van der Waals surface area contributed by atoms with Crippen molar-refractivity contribution < 1.29 is 4.92 Å². The van der Waals surface area contributed by atoms with Gasteiger partial charge in [-0.05, 0) is 18.3 Å². The fourth-order valence-corrected chi connectivity index (χ4v) is 2.23. The zero-order valence-electron chi connectivity index (χ0n) is 5.70. The molecule has 0 aliphatic carbocycles. The van der Waals surface area contributed by atoms with Gasteiger partial charge in [-0.25, -0.2) is 4.98 Å². The van der Waals surface area contributed by atoms with Crippen molar-refractivity contribution in [1.29, 1.82) is 0 Å². The van der Waals surface area contributed by atoms with E-state index in [1.807, 2.05) is 0 Å². The van der Waals surface area contributed by atoms with Gasteiger partial charge in [0.25, 0.3) is 0 Å². The summed E-state index contributed by atoms with van der Waals surface area (Å²) in [6, 6.07) is 0. The second-order valence-corrected chi connectivity index (χ2v) is 3.82. The fraction of sp³-hybridized carbons (Fsp3) is 0.400. The molecule has 0 bridgehead atoms. The molecule has 0 aliphatic rings. The van der Waals surface area contributed by atoms with Crippen molar-refractivity contribution in [3.05, 3.63) is 20.8 Å². The summed E-state index contributed by atoms with van der Waals surface area (Å²) >= 11 is 3.20. The highest BCUT2D eigenvalue weighted by Gasteiger charge is 2.17. The number of halogens is 1. The minimum atomic E-state index is -0.376. The maximum Gasteiger partial charge on any atom is 0.347 e. The molecule has 1 rings (SSSR count). The van der Waals surface area contributed by atoms with Crippen LogP contribution < -0.4 is 0 Å². The highest BCUT2D eigenvalue weighted by Crippen LogP contribution is 2.27. The van der Waals surface area contributed by atoms with E-state index in [0.29, 0.717) is 10.1 Å². The summed E-state index contributed by atoms with van der Waals surface area (Å²) in [6.07, 6.45) is 0. The zero-order valence-corrected chi connectivity index (χ0v) is 8.68. The Kier molecular flexibility index (Phi) is 2.77. The van der Waals surface area contributed by atoms with Crippen LogP contribution in [0.4, 0.5) is 5.00 Å².